The Morgan fingerprint density at radius 2 is 1.85 bits per heavy atom. The van der Waals surface area contributed by atoms with E-state index >= 15 is 0 Å². The molecule has 9 nitrogen and oxygen atoms in total. The summed E-state index contributed by atoms with van der Waals surface area (Å²) < 4.78 is 17.7. The van der Waals surface area contributed by atoms with Gasteiger partial charge in [0.05, 0.1) is 33.9 Å². The molecule has 0 aliphatic heterocycles. The molecule has 0 fully saturated rings. The first-order chi connectivity index (χ1) is 12.7. The number of fused-ring (bicyclic) bond motifs is 1. The molecule has 0 spiro atoms. The molecular weight excluding hydrogens is 338 g/mol. The van der Waals surface area contributed by atoms with Crippen molar-refractivity contribution in [3.05, 3.63) is 36.5 Å². The van der Waals surface area contributed by atoms with Crippen molar-refractivity contribution >= 4 is 17.1 Å². The lowest BCUT2D eigenvalue weighted by atomic mass is 10.1. The number of hydrogen-bond acceptors (Lipinski definition) is 7. The van der Waals surface area contributed by atoms with E-state index in [1.807, 2.05) is 4.57 Å². The first-order valence-electron chi connectivity index (χ1n) is 7.87. The Bertz CT molecular complexity index is 899. The molecule has 0 atom stereocenters. The van der Waals surface area contributed by atoms with E-state index in [1.165, 1.54) is 27.7 Å². The summed E-state index contributed by atoms with van der Waals surface area (Å²) in [6.07, 6.45) is 4.81. The predicted octanol–water partition coefficient (Wildman–Crippen LogP) is 1.28. The molecule has 3 aromatic rings. The van der Waals surface area contributed by atoms with Gasteiger partial charge in [-0.1, -0.05) is 0 Å². The number of aromatic nitrogens is 4. The molecule has 0 aliphatic carbocycles. The van der Waals surface area contributed by atoms with Gasteiger partial charge in [-0.2, -0.15) is 0 Å². The smallest absolute Gasteiger partial charge is 0.251 e. The van der Waals surface area contributed by atoms with E-state index in [0.717, 1.165) is 5.52 Å². The van der Waals surface area contributed by atoms with Gasteiger partial charge in [0.15, 0.2) is 17.1 Å². The number of imidazole rings is 1. The van der Waals surface area contributed by atoms with Crippen molar-refractivity contribution in [2.75, 3.05) is 27.9 Å². The minimum Gasteiger partial charge on any atom is -0.493 e. The maximum absolute atomic E-state index is 12.5. The van der Waals surface area contributed by atoms with Gasteiger partial charge < -0.3 is 24.1 Å². The fourth-order valence-electron chi connectivity index (χ4n) is 2.59. The quantitative estimate of drug-likeness (QED) is 0.680. The molecule has 0 saturated carbocycles. The van der Waals surface area contributed by atoms with Crippen LogP contribution in [0.3, 0.4) is 0 Å². The van der Waals surface area contributed by atoms with Crippen molar-refractivity contribution in [3.63, 3.8) is 0 Å². The van der Waals surface area contributed by atoms with Crippen LogP contribution in [0.2, 0.25) is 0 Å². The normalized spacial score (nSPS) is 10.6. The predicted molar refractivity (Wildman–Crippen MR) is 93.8 cm³/mol. The van der Waals surface area contributed by atoms with Crippen molar-refractivity contribution < 1.29 is 19.0 Å². The average Bonchev–Trinajstić information content (AvgIpc) is 3.09. The number of methoxy groups -OCH3 is 3. The second-order valence-corrected chi connectivity index (χ2v) is 5.34. The molecule has 0 aliphatic rings. The van der Waals surface area contributed by atoms with Gasteiger partial charge >= 0.3 is 0 Å². The number of ether oxygens (including phenoxy) is 3. The van der Waals surface area contributed by atoms with Gasteiger partial charge in [0.2, 0.25) is 5.75 Å². The van der Waals surface area contributed by atoms with Crippen molar-refractivity contribution in [3.8, 4) is 17.2 Å². The van der Waals surface area contributed by atoms with Crippen LogP contribution in [0, 0.1) is 0 Å². The molecule has 0 saturated heterocycles. The highest BCUT2D eigenvalue weighted by Gasteiger charge is 2.16. The van der Waals surface area contributed by atoms with Crippen LogP contribution >= 0.6 is 0 Å². The van der Waals surface area contributed by atoms with Crippen molar-refractivity contribution in [2.24, 2.45) is 0 Å². The Labute approximate surface area is 149 Å². The Hall–Kier alpha value is -3.36. The number of carbonyl (C=O) groups excluding carboxylic acids is 1. The van der Waals surface area contributed by atoms with Gasteiger partial charge in [0, 0.05) is 18.7 Å². The van der Waals surface area contributed by atoms with E-state index in [4.69, 9.17) is 14.2 Å². The summed E-state index contributed by atoms with van der Waals surface area (Å²) in [5.41, 5.74) is 1.85. The molecule has 0 unspecified atom stereocenters. The molecule has 3 rings (SSSR count). The summed E-state index contributed by atoms with van der Waals surface area (Å²) in [5, 5.41) is 2.86. The minimum absolute atomic E-state index is 0.245. The van der Waals surface area contributed by atoms with E-state index in [0.29, 0.717) is 41.5 Å². The Kier molecular flexibility index (Phi) is 5.16. The summed E-state index contributed by atoms with van der Waals surface area (Å²) in [7, 11) is 4.52. The lowest BCUT2D eigenvalue weighted by Gasteiger charge is -2.14. The number of amides is 1. The lowest BCUT2D eigenvalue weighted by Crippen LogP contribution is -2.27. The monoisotopic (exact) mass is 357 g/mol. The highest BCUT2D eigenvalue weighted by atomic mass is 16.5. The first kappa shape index (κ1) is 17.5. The Balaban J connectivity index is 1.70. The number of rotatable bonds is 7. The van der Waals surface area contributed by atoms with Crippen LogP contribution in [-0.4, -0.2) is 53.3 Å². The zero-order chi connectivity index (χ0) is 18.5. The van der Waals surface area contributed by atoms with Gasteiger partial charge in [0.25, 0.3) is 5.91 Å². The van der Waals surface area contributed by atoms with Crippen molar-refractivity contribution in [2.45, 2.75) is 6.54 Å². The molecule has 26 heavy (non-hydrogen) atoms. The Morgan fingerprint density at radius 1 is 1.12 bits per heavy atom. The number of hydrogen-bond donors (Lipinski definition) is 1. The minimum atomic E-state index is -0.245. The van der Waals surface area contributed by atoms with Gasteiger partial charge in [-0.3, -0.25) is 4.79 Å². The van der Waals surface area contributed by atoms with Crippen LogP contribution in [0.4, 0.5) is 0 Å². The molecule has 1 amide bonds. The summed E-state index contributed by atoms with van der Waals surface area (Å²) >= 11 is 0. The van der Waals surface area contributed by atoms with Gasteiger partial charge in [-0.25, -0.2) is 15.0 Å². The van der Waals surface area contributed by atoms with Crippen molar-refractivity contribution in [1.29, 1.82) is 0 Å². The van der Waals surface area contributed by atoms with E-state index in [1.54, 1.807) is 24.7 Å². The van der Waals surface area contributed by atoms with Crippen LogP contribution < -0.4 is 19.5 Å². The van der Waals surface area contributed by atoms with E-state index in [-0.39, 0.29) is 5.91 Å². The fourth-order valence-corrected chi connectivity index (χ4v) is 2.59. The number of nitrogens with zero attached hydrogens (tertiary/aromatic N) is 4. The molecule has 2 heterocycles. The van der Waals surface area contributed by atoms with E-state index in [2.05, 4.69) is 20.3 Å². The van der Waals surface area contributed by atoms with Crippen LogP contribution in [0.25, 0.3) is 11.2 Å². The van der Waals surface area contributed by atoms with Crippen molar-refractivity contribution in [1.82, 2.24) is 24.8 Å². The van der Waals surface area contributed by atoms with E-state index in [9.17, 15) is 4.79 Å². The maximum Gasteiger partial charge on any atom is 0.251 e. The maximum atomic E-state index is 12.5. The molecule has 2 aromatic heterocycles. The van der Waals surface area contributed by atoms with Gasteiger partial charge in [0.1, 0.15) is 11.8 Å². The SMILES string of the molecule is COc1cc(C(=O)NCCn2cnc3ncncc32)cc(OC)c1OC. The zero-order valence-corrected chi connectivity index (χ0v) is 14.7. The highest BCUT2D eigenvalue weighted by molar-refractivity contribution is 5.95. The fraction of sp³-hybridized carbons (Fsp3) is 0.294. The second-order valence-electron chi connectivity index (χ2n) is 5.34. The third-order valence-corrected chi connectivity index (χ3v) is 3.87. The van der Waals surface area contributed by atoms with Gasteiger partial charge in [-0.15, -0.1) is 0 Å². The number of nitrogens with one attached hydrogen (secondary N) is 1. The first-order valence-corrected chi connectivity index (χ1v) is 7.87. The molecule has 1 N–H and O–H groups in total. The Morgan fingerprint density at radius 3 is 2.50 bits per heavy atom. The summed E-state index contributed by atoms with van der Waals surface area (Å²) in [5.74, 6) is 1.05. The average molecular weight is 357 g/mol. The molecular formula is C17H19N5O4. The summed E-state index contributed by atoms with van der Waals surface area (Å²) in [6, 6.07) is 3.22. The third kappa shape index (κ3) is 3.37. The lowest BCUT2D eigenvalue weighted by molar-refractivity contribution is 0.0951. The van der Waals surface area contributed by atoms with Crippen LogP contribution in [0.1, 0.15) is 10.4 Å². The topological polar surface area (TPSA) is 100 Å². The third-order valence-electron chi connectivity index (χ3n) is 3.87. The molecule has 0 radical (unpaired) electrons. The van der Waals surface area contributed by atoms with Crippen LogP contribution in [0.15, 0.2) is 31.0 Å². The molecule has 1 aromatic carbocycles. The van der Waals surface area contributed by atoms with Gasteiger partial charge in [-0.05, 0) is 12.1 Å². The number of benzene rings is 1. The zero-order valence-electron chi connectivity index (χ0n) is 14.7. The largest absolute Gasteiger partial charge is 0.493 e. The highest BCUT2D eigenvalue weighted by Crippen LogP contribution is 2.38. The van der Waals surface area contributed by atoms with E-state index < -0.39 is 0 Å². The number of carbonyl (C=O) groups is 1. The molecule has 136 valence electrons. The van der Waals surface area contributed by atoms with Crippen LogP contribution in [-0.2, 0) is 6.54 Å². The summed E-state index contributed by atoms with van der Waals surface area (Å²) in [6.45, 7) is 0.954. The summed E-state index contributed by atoms with van der Waals surface area (Å²) in [4.78, 5) is 24.7. The second kappa shape index (κ2) is 7.68. The van der Waals surface area contributed by atoms with Crippen LogP contribution in [0.5, 0.6) is 17.2 Å². The standard InChI is InChI=1S/C17H19N5O4/c1-24-13-6-11(7-14(25-2)15(13)26-3)17(23)19-4-5-22-10-21-16-12(22)8-18-9-20-16/h6-10H,4-5H2,1-3H3,(H,19,23). The molecule has 0 bridgehead atoms. The molecule has 9 heteroatoms.